The summed E-state index contributed by atoms with van der Waals surface area (Å²) in [5.41, 5.74) is 0. The molecule has 0 aliphatic carbocycles. The van der Waals surface area contributed by atoms with E-state index >= 15 is 0 Å². The average molecular weight is 1140 g/mol. The molecule has 1 atom stereocenters. The van der Waals surface area contributed by atoms with E-state index in [9.17, 15) is 14.4 Å². The topological polar surface area (TPSA) is 78.9 Å². The van der Waals surface area contributed by atoms with Crippen LogP contribution in [0.4, 0.5) is 0 Å². The Labute approximate surface area is 509 Å². The molecule has 0 heterocycles. The Bertz CT molecular complexity index is 1550. The second-order valence-corrected chi connectivity index (χ2v) is 23.8. The van der Waals surface area contributed by atoms with Gasteiger partial charge < -0.3 is 14.2 Å². The van der Waals surface area contributed by atoms with Crippen LogP contribution in [0.5, 0.6) is 0 Å². The van der Waals surface area contributed by atoms with Gasteiger partial charge in [0.15, 0.2) is 6.10 Å². The number of allylic oxidation sites excluding steroid dienone is 14. The van der Waals surface area contributed by atoms with Gasteiger partial charge in [-0.2, -0.15) is 0 Å². The van der Waals surface area contributed by atoms with Gasteiger partial charge in [-0.15, -0.1) is 0 Å². The lowest BCUT2D eigenvalue weighted by molar-refractivity contribution is -0.167. The second-order valence-electron chi connectivity index (χ2n) is 23.8. The highest BCUT2D eigenvalue weighted by molar-refractivity contribution is 5.71. The van der Waals surface area contributed by atoms with Crippen LogP contribution in [0.25, 0.3) is 0 Å². The molecule has 82 heavy (non-hydrogen) atoms. The number of carbonyl (C=O) groups excluding carboxylic acids is 3. The van der Waals surface area contributed by atoms with Crippen molar-refractivity contribution >= 4 is 17.9 Å². The van der Waals surface area contributed by atoms with Crippen LogP contribution in [0.1, 0.15) is 361 Å². The number of ether oxygens (including phenoxy) is 3. The van der Waals surface area contributed by atoms with Gasteiger partial charge in [0.1, 0.15) is 13.2 Å². The number of rotatable bonds is 65. The van der Waals surface area contributed by atoms with Gasteiger partial charge in [0.2, 0.25) is 0 Å². The molecule has 0 aliphatic rings. The first-order chi connectivity index (χ1) is 40.5. The van der Waals surface area contributed by atoms with Gasteiger partial charge in [0, 0.05) is 19.3 Å². The Kier molecular flexibility index (Phi) is 67.2. The molecule has 0 bridgehead atoms. The van der Waals surface area contributed by atoms with Crippen molar-refractivity contribution in [2.24, 2.45) is 0 Å². The lowest BCUT2D eigenvalue weighted by Gasteiger charge is -2.18. The van der Waals surface area contributed by atoms with Crippen molar-refractivity contribution in [2.45, 2.75) is 367 Å². The summed E-state index contributed by atoms with van der Waals surface area (Å²) in [6.07, 6.45) is 93.3. The summed E-state index contributed by atoms with van der Waals surface area (Å²) in [5, 5.41) is 0. The van der Waals surface area contributed by atoms with E-state index in [2.05, 4.69) is 106 Å². The van der Waals surface area contributed by atoms with Gasteiger partial charge >= 0.3 is 17.9 Å². The van der Waals surface area contributed by atoms with E-state index in [1.165, 1.54) is 205 Å². The fourth-order valence-corrected chi connectivity index (χ4v) is 10.3. The van der Waals surface area contributed by atoms with Gasteiger partial charge in [-0.25, -0.2) is 0 Å². The molecular weight excluding hydrogens is 1010 g/mol. The SMILES string of the molecule is CC/C=C\C/C=C\C/C=C\C/C=C\C/C=C\CCCCCCCC(=O)OC(COC(=O)CCCCCCCCCCCCCC)COC(=O)CCCCCCCCCCCCCCCCCCCCC/C=C\C/C=C\CCCCCCC. The third kappa shape index (κ3) is 67.4. The van der Waals surface area contributed by atoms with Crippen LogP contribution in [0.2, 0.25) is 0 Å². The zero-order chi connectivity index (χ0) is 59.2. The number of unbranched alkanes of at least 4 members (excludes halogenated alkanes) is 40. The molecule has 6 heteroatoms. The fourth-order valence-electron chi connectivity index (χ4n) is 10.3. The Hall–Kier alpha value is -3.41. The predicted octanol–water partition coefficient (Wildman–Crippen LogP) is 24.6. The van der Waals surface area contributed by atoms with Crippen LogP contribution in [0.15, 0.2) is 85.1 Å². The van der Waals surface area contributed by atoms with E-state index in [1.807, 2.05) is 0 Å². The number of esters is 3. The third-order valence-electron chi connectivity index (χ3n) is 15.6. The van der Waals surface area contributed by atoms with Crippen molar-refractivity contribution in [1.29, 1.82) is 0 Å². The number of hydrogen-bond acceptors (Lipinski definition) is 6. The van der Waals surface area contributed by atoms with Crippen LogP contribution in [0, 0.1) is 0 Å². The van der Waals surface area contributed by atoms with E-state index in [4.69, 9.17) is 14.2 Å². The lowest BCUT2D eigenvalue weighted by Crippen LogP contribution is -2.30. The maximum Gasteiger partial charge on any atom is 0.306 e. The van der Waals surface area contributed by atoms with Gasteiger partial charge in [-0.05, 0) is 96.3 Å². The number of carbonyl (C=O) groups is 3. The minimum Gasteiger partial charge on any atom is -0.462 e. The van der Waals surface area contributed by atoms with Crippen molar-refractivity contribution in [3.63, 3.8) is 0 Å². The van der Waals surface area contributed by atoms with Gasteiger partial charge in [-0.1, -0.05) is 331 Å². The first kappa shape index (κ1) is 78.6. The molecule has 1 unspecified atom stereocenters. The van der Waals surface area contributed by atoms with Crippen molar-refractivity contribution in [1.82, 2.24) is 0 Å². The van der Waals surface area contributed by atoms with Gasteiger partial charge in [0.25, 0.3) is 0 Å². The van der Waals surface area contributed by atoms with E-state index in [-0.39, 0.29) is 31.1 Å². The van der Waals surface area contributed by atoms with Crippen LogP contribution in [0.3, 0.4) is 0 Å². The van der Waals surface area contributed by atoms with E-state index in [1.54, 1.807) is 0 Å². The largest absolute Gasteiger partial charge is 0.462 e. The molecule has 0 aliphatic heterocycles. The van der Waals surface area contributed by atoms with Crippen LogP contribution in [-0.2, 0) is 28.6 Å². The first-order valence-electron chi connectivity index (χ1n) is 35.6. The molecule has 0 aromatic heterocycles. The smallest absolute Gasteiger partial charge is 0.306 e. The predicted molar refractivity (Wildman–Crippen MR) is 358 cm³/mol. The molecule has 0 aromatic rings. The van der Waals surface area contributed by atoms with E-state index in [0.717, 1.165) is 116 Å². The highest BCUT2D eigenvalue weighted by atomic mass is 16.6. The maximum atomic E-state index is 12.9. The van der Waals surface area contributed by atoms with E-state index in [0.29, 0.717) is 19.3 Å². The van der Waals surface area contributed by atoms with Crippen molar-refractivity contribution in [2.75, 3.05) is 13.2 Å². The fraction of sp³-hybridized carbons (Fsp3) is 0.776. The molecule has 0 spiro atoms. The molecular formula is C76H134O6. The molecule has 0 saturated heterocycles. The Balaban J connectivity index is 4.21. The molecule has 0 N–H and O–H groups in total. The molecule has 0 fully saturated rings. The monoisotopic (exact) mass is 1140 g/mol. The van der Waals surface area contributed by atoms with Gasteiger partial charge in [0.05, 0.1) is 0 Å². The Morgan fingerprint density at radius 2 is 0.476 bits per heavy atom. The highest BCUT2D eigenvalue weighted by Crippen LogP contribution is 2.18. The van der Waals surface area contributed by atoms with Crippen molar-refractivity contribution in [3.05, 3.63) is 85.1 Å². The van der Waals surface area contributed by atoms with E-state index < -0.39 is 6.10 Å². The summed E-state index contributed by atoms with van der Waals surface area (Å²) in [6, 6.07) is 0. The molecule has 0 aromatic carbocycles. The minimum absolute atomic E-state index is 0.0802. The van der Waals surface area contributed by atoms with Crippen LogP contribution in [-0.4, -0.2) is 37.2 Å². The summed E-state index contributed by atoms with van der Waals surface area (Å²) < 4.78 is 17.0. The molecule has 0 radical (unpaired) electrons. The van der Waals surface area contributed by atoms with Crippen LogP contribution >= 0.6 is 0 Å². The molecule has 0 amide bonds. The number of hydrogen-bond donors (Lipinski definition) is 0. The molecule has 0 rings (SSSR count). The van der Waals surface area contributed by atoms with Gasteiger partial charge in [-0.3, -0.25) is 14.4 Å². The highest BCUT2D eigenvalue weighted by Gasteiger charge is 2.19. The standard InChI is InChI=1S/C76H134O6/c1-4-7-10-13-16-19-22-25-27-29-31-33-34-35-36-37-38-39-40-41-42-44-45-47-49-51-54-57-60-63-66-69-75(78)81-72-73(71-80-74(77)68-65-62-59-56-53-24-21-18-15-12-9-6-3)82-76(79)70-67-64-61-58-55-52-50-48-46-43-32-30-28-26-23-20-17-14-11-8-5-2/h8,11,17,20,22,25-26,28-29,31-32,43,48,50,73H,4-7,9-10,12-16,18-19,21,23-24,27,30,33-42,44-47,49,51-72H2,1-3H3/b11-8-,20-17-,25-22-,28-26-,31-29-,43-32-,50-48-. The van der Waals surface area contributed by atoms with Crippen molar-refractivity contribution < 1.29 is 28.6 Å². The third-order valence-corrected chi connectivity index (χ3v) is 15.6. The quantitative estimate of drug-likeness (QED) is 0.0261. The maximum absolute atomic E-state index is 12.9. The summed E-state index contributed by atoms with van der Waals surface area (Å²) in [6.45, 7) is 6.54. The summed E-state index contributed by atoms with van der Waals surface area (Å²) >= 11 is 0. The first-order valence-corrected chi connectivity index (χ1v) is 35.6. The Morgan fingerprint density at radius 3 is 0.744 bits per heavy atom. The average Bonchev–Trinajstić information content (AvgIpc) is 3.47. The zero-order valence-corrected chi connectivity index (χ0v) is 54.5. The summed E-state index contributed by atoms with van der Waals surface area (Å²) in [4.78, 5) is 38.4. The second kappa shape index (κ2) is 70.1. The molecule has 6 nitrogen and oxygen atoms in total. The minimum atomic E-state index is -0.786. The zero-order valence-electron chi connectivity index (χ0n) is 54.5. The summed E-state index contributed by atoms with van der Waals surface area (Å²) in [5.74, 6) is -0.881. The van der Waals surface area contributed by atoms with Crippen molar-refractivity contribution in [3.8, 4) is 0 Å². The van der Waals surface area contributed by atoms with Crippen LogP contribution < -0.4 is 0 Å². The normalized spacial score (nSPS) is 12.6. The lowest BCUT2D eigenvalue weighted by atomic mass is 10.0. The molecule has 0 saturated carbocycles. The molecule has 474 valence electrons. The Morgan fingerprint density at radius 1 is 0.256 bits per heavy atom. The summed E-state index contributed by atoms with van der Waals surface area (Å²) in [7, 11) is 0.